The van der Waals surface area contributed by atoms with Crippen molar-refractivity contribution in [2.24, 2.45) is 0 Å². The molecule has 1 aliphatic heterocycles. The number of aliphatic hydroxyl groups excluding tert-OH is 1. The van der Waals surface area contributed by atoms with Gasteiger partial charge in [0.2, 0.25) is 0 Å². The molecular formula is C21H19N3O. The van der Waals surface area contributed by atoms with E-state index < -0.39 is 6.10 Å². The number of pyridine rings is 1. The summed E-state index contributed by atoms with van der Waals surface area (Å²) in [4.78, 5) is 6.43. The lowest BCUT2D eigenvalue weighted by molar-refractivity contribution is 0.129. The van der Waals surface area contributed by atoms with E-state index in [1.165, 1.54) is 16.3 Å². The van der Waals surface area contributed by atoms with E-state index in [1.807, 2.05) is 18.2 Å². The Balaban J connectivity index is 1.53. The van der Waals surface area contributed by atoms with Crippen LogP contribution in [0.15, 0.2) is 60.8 Å². The summed E-state index contributed by atoms with van der Waals surface area (Å²) in [6.07, 6.45) is 2.02. The fraction of sp³-hybridized carbons (Fsp3) is 0.238. The number of benzene rings is 2. The summed E-state index contributed by atoms with van der Waals surface area (Å²) < 4.78 is 0. The van der Waals surface area contributed by atoms with E-state index in [0.717, 1.165) is 18.8 Å². The Morgan fingerprint density at radius 1 is 1.08 bits per heavy atom. The first kappa shape index (κ1) is 15.6. The van der Waals surface area contributed by atoms with Gasteiger partial charge in [0, 0.05) is 25.2 Å². The van der Waals surface area contributed by atoms with E-state index in [1.54, 1.807) is 12.3 Å². The van der Waals surface area contributed by atoms with Crippen LogP contribution in [-0.2, 0) is 0 Å². The quantitative estimate of drug-likeness (QED) is 0.782. The zero-order chi connectivity index (χ0) is 17.2. The predicted octanol–water partition coefficient (Wildman–Crippen LogP) is 3.46. The van der Waals surface area contributed by atoms with Gasteiger partial charge in [0.15, 0.2) is 0 Å². The molecule has 0 radical (unpaired) electrons. The average Bonchev–Trinajstić information content (AvgIpc) is 2.67. The summed E-state index contributed by atoms with van der Waals surface area (Å²) in [6.45, 7) is 1.39. The van der Waals surface area contributed by atoms with Crippen molar-refractivity contribution in [1.29, 1.82) is 5.26 Å². The number of nitrogens with zero attached hydrogens (tertiary/aromatic N) is 3. The predicted molar refractivity (Wildman–Crippen MR) is 98.5 cm³/mol. The highest BCUT2D eigenvalue weighted by Gasteiger charge is 2.29. The van der Waals surface area contributed by atoms with Crippen LogP contribution in [0.1, 0.15) is 23.5 Å². The third kappa shape index (κ3) is 3.07. The van der Waals surface area contributed by atoms with Gasteiger partial charge >= 0.3 is 0 Å². The SMILES string of the molecule is N#Cc1ccc(N2CC[C@@H](c3ccc4ccccc4c3)[C@H](O)C2)nc1. The molecular weight excluding hydrogens is 310 g/mol. The smallest absolute Gasteiger partial charge is 0.128 e. The largest absolute Gasteiger partial charge is 0.391 e. The maximum absolute atomic E-state index is 10.7. The van der Waals surface area contributed by atoms with Crippen molar-refractivity contribution in [1.82, 2.24) is 4.98 Å². The molecule has 2 atom stereocenters. The first-order chi connectivity index (χ1) is 12.2. The molecule has 0 spiro atoms. The van der Waals surface area contributed by atoms with Crippen molar-refractivity contribution in [2.45, 2.75) is 18.4 Å². The molecule has 1 saturated heterocycles. The van der Waals surface area contributed by atoms with Gasteiger partial charge < -0.3 is 10.0 Å². The second-order valence-electron chi connectivity index (χ2n) is 6.53. The van der Waals surface area contributed by atoms with E-state index in [4.69, 9.17) is 5.26 Å². The lowest BCUT2D eigenvalue weighted by Gasteiger charge is -2.37. The van der Waals surface area contributed by atoms with Crippen molar-refractivity contribution < 1.29 is 5.11 Å². The van der Waals surface area contributed by atoms with Gasteiger partial charge in [0.25, 0.3) is 0 Å². The lowest BCUT2D eigenvalue weighted by atomic mass is 9.86. The fourth-order valence-electron chi connectivity index (χ4n) is 3.61. The lowest BCUT2D eigenvalue weighted by Crippen LogP contribution is -2.43. The van der Waals surface area contributed by atoms with Crippen molar-refractivity contribution in [3.63, 3.8) is 0 Å². The highest BCUT2D eigenvalue weighted by atomic mass is 16.3. The zero-order valence-electron chi connectivity index (χ0n) is 13.8. The Bertz CT molecular complexity index is 930. The molecule has 0 bridgehead atoms. The molecule has 1 aromatic heterocycles. The molecule has 1 aliphatic rings. The van der Waals surface area contributed by atoms with Gasteiger partial charge in [-0.3, -0.25) is 0 Å². The van der Waals surface area contributed by atoms with Crippen molar-refractivity contribution in [2.75, 3.05) is 18.0 Å². The van der Waals surface area contributed by atoms with Gasteiger partial charge in [0.1, 0.15) is 11.9 Å². The van der Waals surface area contributed by atoms with Crippen LogP contribution in [0.3, 0.4) is 0 Å². The van der Waals surface area contributed by atoms with Crippen molar-refractivity contribution in [3.05, 3.63) is 71.9 Å². The van der Waals surface area contributed by atoms with E-state index in [9.17, 15) is 5.11 Å². The van der Waals surface area contributed by atoms with E-state index >= 15 is 0 Å². The van der Waals surface area contributed by atoms with Crippen LogP contribution in [0, 0.1) is 11.3 Å². The van der Waals surface area contributed by atoms with Crippen LogP contribution in [-0.4, -0.2) is 29.3 Å². The summed E-state index contributed by atoms with van der Waals surface area (Å²) in [6, 6.07) is 20.5. The summed E-state index contributed by atoms with van der Waals surface area (Å²) in [7, 11) is 0. The molecule has 2 heterocycles. The molecule has 25 heavy (non-hydrogen) atoms. The molecule has 0 saturated carbocycles. The Hall–Kier alpha value is -2.90. The number of piperidine rings is 1. The number of rotatable bonds is 2. The normalized spacial score (nSPS) is 20.4. The topological polar surface area (TPSA) is 60.2 Å². The third-order valence-corrected chi connectivity index (χ3v) is 4.98. The number of hydrogen-bond donors (Lipinski definition) is 1. The van der Waals surface area contributed by atoms with Gasteiger partial charge in [-0.25, -0.2) is 4.98 Å². The van der Waals surface area contributed by atoms with E-state index in [2.05, 4.69) is 46.3 Å². The number of aliphatic hydroxyl groups is 1. The number of nitriles is 1. The van der Waals surface area contributed by atoms with Crippen LogP contribution >= 0.6 is 0 Å². The standard InChI is InChI=1S/C21H19N3O/c22-12-15-5-8-21(23-13-15)24-10-9-19(20(25)14-24)18-7-6-16-3-1-2-4-17(16)11-18/h1-8,11,13,19-20,25H,9-10,14H2/t19-,20+/m0/s1. The highest BCUT2D eigenvalue weighted by molar-refractivity contribution is 5.83. The summed E-state index contributed by atoms with van der Waals surface area (Å²) >= 11 is 0. The minimum atomic E-state index is -0.438. The van der Waals surface area contributed by atoms with Crippen LogP contribution in [0.25, 0.3) is 10.8 Å². The van der Waals surface area contributed by atoms with Crippen LogP contribution in [0.5, 0.6) is 0 Å². The maximum atomic E-state index is 10.7. The molecule has 4 nitrogen and oxygen atoms in total. The Morgan fingerprint density at radius 2 is 1.92 bits per heavy atom. The van der Waals surface area contributed by atoms with Crippen LogP contribution in [0.2, 0.25) is 0 Å². The van der Waals surface area contributed by atoms with Crippen LogP contribution < -0.4 is 4.90 Å². The Morgan fingerprint density at radius 3 is 2.64 bits per heavy atom. The minimum absolute atomic E-state index is 0.138. The fourth-order valence-corrected chi connectivity index (χ4v) is 3.61. The molecule has 4 heteroatoms. The molecule has 1 N–H and O–H groups in total. The molecule has 1 fully saturated rings. The van der Waals surface area contributed by atoms with E-state index in [0.29, 0.717) is 12.1 Å². The zero-order valence-corrected chi connectivity index (χ0v) is 13.8. The molecule has 3 aromatic rings. The number of anilines is 1. The van der Waals surface area contributed by atoms with Crippen molar-refractivity contribution >= 4 is 16.6 Å². The number of hydrogen-bond acceptors (Lipinski definition) is 4. The summed E-state index contributed by atoms with van der Waals surface area (Å²) in [5.41, 5.74) is 1.74. The van der Waals surface area contributed by atoms with Gasteiger partial charge in [-0.05, 0) is 34.9 Å². The Kier molecular flexibility index (Phi) is 4.09. The number of β-amino-alcohol motifs (C(OH)–C–C–N with tert-alkyl or cyclic N) is 1. The first-order valence-electron chi connectivity index (χ1n) is 8.52. The van der Waals surface area contributed by atoms with Gasteiger partial charge in [-0.2, -0.15) is 5.26 Å². The minimum Gasteiger partial charge on any atom is -0.391 e. The number of fused-ring (bicyclic) bond motifs is 1. The second-order valence-corrected chi connectivity index (χ2v) is 6.53. The van der Waals surface area contributed by atoms with Gasteiger partial charge in [0.05, 0.1) is 11.7 Å². The number of aromatic nitrogens is 1. The highest BCUT2D eigenvalue weighted by Crippen LogP contribution is 2.32. The average molecular weight is 329 g/mol. The first-order valence-corrected chi connectivity index (χ1v) is 8.52. The van der Waals surface area contributed by atoms with Crippen LogP contribution in [0.4, 0.5) is 5.82 Å². The third-order valence-electron chi connectivity index (χ3n) is 4.98. The van der Waals surface area contributed by atoms with Crippen molar-refractivity contribution in [3.8, 4) is 6.07 Å². The van der Waals surface area contributed by atoms with E-state index in [-0.39, 0.29) is 5.92 Å². The summed E-state index contributed by atoms with van der Waals surface area (Å²) in [5.74, 6) is 0.953. The molecule has 2 aromatic carbocycles. The molecule has 4 rings (SSSR count). The van der Waals surface area contributed by atoms with Gasteiger partial charge in [-0.1, -0.05) is 42.5 Å². The summed E-state index contributed by atoms with van der Waals surface area (Å²) in [5, 5.41) is 22.0. The molecule has 0 unspecified atom stereocenters. The molecule has 0 aliphatic carbocycles. The Labute approximate surface area is 147 Å². The molecule has 0 amide bonds. The second kappa shape index (κ2) is 6.54. The monoisotopic (exact) mass is 329 g/mol. The maximum Gasteiger partial charge on any atom is 0.128 e. The molecule has 124 valence electrons. The van der Waals surface area contributed by atoms with Gasteiger partial charge in [-0.15, -0.1) is 0 Å².